The van der Waals surface area contributed by atoms with E-state index in [1.54, 1.807) is 17.0 Å². The van der Waals surface area contributed by atoms with Gasteiger partial charge < -0.3 is 9.64 Å². The van der Waals surface area contributed by atoms with Gasteiger partial charge in [0.15, 0.2) is 0 Å². The van der Waals surface area contributed by atoms with Crippen LogP contribution in [-0.2, 0) is 16.1 Å². The molecule has 0 atom stereocenters. The second kappa shape index (κ2) is 7.97. The standard InChI is InChI=1S/C18H25NO3/c1-19(17(20)12-14-6-4-3-5-7-14)13-15-8-10-16(11-9-15)18(21)22-2/h8-11,14H,3-7,12-13H2,1-2H3. The van der Waals surface area contributed by atoms with Crippen LogP contribution in [0.15, 0.2) is 24.3 Å². The molecule has 4 heteroatoms. The maximum atomic E-state index is 12.3. The van der Waals surface area contributed by atoms with Crippen LogP contribution in [0, 0.1) is 5.92 Å². The lowest BCUT2D eigenvalue weighted by molar-refractivity contribution is -0.131. The van der Waals surface area contributed by atoms with Crippen molar-refractivity contribution < 1.29 is 14.3 Å². The van der Waals surface area contributed by atoms with E-state index < -0.39 is 0 Å². The summed E-state index contributed by atoms with van der Waals surface area (Å²) in [4.78, 5) is 25.5. The first-order chi connectivity index (χ1) is 10.6. The molecule has 1 aliphatic rings. The minimum atomic E-state index is -0.340. The quantitative estimate of drug-likeness (QED) is 0.783. The highest BCUT2D eigenvalue weighted by Crippen LogP contribution is 2.26. The van der Waals surface area contributed by atoms with E-state index >= 15 is 0 Å². The predicted octanol–water partition coefficient (Wildman–Crippen LogP) is 3.40. The van der Waals surface area contributed by atoms with Gasteiger partial charge in [0.2, 0.25) is 5.91 Å². The van der Waals surface area contributed by atoms with Gasteiger partial charge in [-0.1, -0.05) is 31.4 Å². The largest absolute Gasteiger partial charge is 0.465 e. The first-order valence-electron chi connectivity index (χ1n) is 8.01. The van der Waals surface area contributed by atoms with Crippen molar-refractivity contribution in [2.45, 2.75) is 45.1 Å². The first kappa shape index (κ1) is 16.5. The number of methoxy groups -OCH3 is 1. The normalized spacial score (nSPS) is 15.4. The molecular formula is C18H25NO3. The molecule has 1 amide bonds. The number of carbonyl (C=O) groups is 2. The van der Waals surface area contributed by atoms with Crippen molar-refractivity contribution in [1.29, 1.82) is 0 Å². The maximum absolute atomic E-state index is 12.3. The summed E-state index contributed by atoms with van der Waals surface area (Å²) in [6.45, 7) is 0.576. The maximum Gasteiger partial charge on any atom is 0.337 e. The van der Waals surface area contributed by atoms with E-state index in [1.807, 2.05) is 19.2 Å². The van der Waals surface area contributed by atoms with E-state index in [9.17, 15) is 9.59 Å². The number of carbonyl (C=O) groups excluding carboxylic acids is 2. The summed E-state index contributed by atoms with van der Waals surface area (Å²) >= 11 is 0. The minimum absolute atomic E-state index is 0.212. The third kappa shape index (κ3) is 4.58. The number of rotatable bonds is 5. The Bertz CT molecular complexity index is 504. The van der Waals surface area contributed by atoms with Gasteiger partial charge in [-0.3, -0.25) is 4.79 Å². The van der Waals surface area contributed by atoms with Crippen LogP contribution >= 0.6 is 0 Å². The average molecular weight is 303 g/mol. The highest BCUT2D eigenvalue weighted by atomic mass is 16.5. The number of nitrogens with zero attached hydrogens (tertiary/aromatic N) is 1. The molecule has 0 spiro atoms. The summed E-state index contributed by atoms with van der Waals surface area (Å²) in [6.07, 6.45) is 6.87. The van der Waals surface area contributed by atoms with Crippen molar-refractivity contribution in [3.05, 3.63) is 35.4 Å². The number of hydrogen-bond acceptors (Lipinski definition) is 3. The highest BCUT2D eigenvalue weighted by molar-refractivity contribution is 5.89. The van der Waals surface area contributed by atoms with Gasteiger partial charge in [-0.05, 0) is 36.5 Å². The van der Waals surface area contributed by atoms with Gasteiger partial charge in [0.1, 0.15) is 0 Å². The minimum Gasteiger partial charge on any atom is -0.465 e. The average Bonchev–Trinajstić information content (AvgIpc) is 2.55. The summed E-state index contributed by atoms with van der Waals surface area (Å²) in [6, 6.07) is 7.22. The molecule has 4 nitrogen and oxygen atoms in total. The lowest BCUT2D eigenvalue weighted by atomic mass is 9.86. The summed E-state index contributed by atoms with van der Waals surface area (Å²) in [5, 5.41) is 0. The Morgan fingerprint density at radius 2 is 1.77 bits per heavy atom. The zero-order valence-electron chi connectivity index (χ0n) is 13.5. The van der Waals surface area contributed by atoms with Gasteiger partial charge in [-0.15, -0.1) is 0 Å². The van der Waals surface area contributed by atoms with E-state index in [0.29, 0.717) is 24.4 Å². The van der Waals surface area contributed by atoms with Crippen molar-refractivity contribution in [2.75, 3.05) is 14.2 Å². The fraction of sp³-hybridized carbons (Fsp3) is 0.556. The van der Waals surface area contributed by atoms with Crippen LogP contribution in [0.25, 0.3) is 0 Å². The molecule has 120 valence electrons. The zero-order valence-corrected chi connectivity index (χ0v) is 13.5. The molecule has 0 N–H and O–H groups in total. The Morgan fingerprint density at radius 1 is 1.14 bits per heavy atom. The monoisotopic (exact) mass is 303 g/mol. The Kier molecular flexibility index (Phi) is 5.99. The van der Waals surface area contributed by atoms with E-state index in [2.05, 4.69) is 4.74 Å². The molecular weight excluding hydrogens is 278 g/mol. The number of ether oxygens (including phenoxy) is 1. The van der Waals surface area contributed by atoms with Crippen LogP contribution < -0.4 is 0 Å². The van der Waals surface area contributed by atoms with Crippen LogP contribution in [0.2, 0.25) is 0 Å². The molecule has 0 aromatic heterocycles. The molecule has 0 heterocycles. The van der Waals surface area contributed by atoms with Crippen molar-refractivity contribution >= 4 is 11.9 Å². The topological polar surface area (TPSA) is 46.6 Å². The molecule has 22 heavy (non-hydrogen) atoms. The van der Waals surface area contributed by atoms with Crippen molar-refractivity contribution in [1.82, 2.24) is 4.90 Å². The smallest absolute Gasteiger partial charge is 0.337 e. The van der Waals surface area contributed by atoms with E-state index in [0.717, 1.165) is 5.56 Å². The number of esters is 1. The van der Waals surface area contributed by atoms with Crippen LogP contribution in [0.3, 0.4) is 0 Å². The summed E-state index contributed by atoms with van der Waals surface area (Å²) in [7, 11) is 3.22. The van der Waals surface area contributed by atoms with Gasteiger partial charge in [0, 0.05) is 20.0 Å². The number of hydrogen-bond donors (Lipinski definition) is 0. The van der Waals surface area contributed by atoms with Gasteiger partial charge in [-0.2, -0.15) is 0 Å². The fourth-order valence-corrected chi connectivity index (χ4v) is 3.02. The SMILES string of the molecule is COC(=O)c1ccc(CN(C)C(=O)CC2CCCCC2)cc1. The van der Waals surface area contributed by atoms with Crippen LogP contribution in [0.5, 0.6) is 0 Å². The predicted molar refractivity (Wildman–Crippen MR) is 85.4 cm³/mol. The Balaban J connectivity index is 1.86. The molecule has 0 aliphatic heterocycles. The van der Waals surface area contributed by atoms with E-state index in [1.165, 1.54) is 39.2 Å². The lowest BCUT2D eigenvalue weighted by Crippen LogP contribution is -2.28. The zero-order chi connectivity index (χ0) is 15.9. The summed E-state index contributed by atoms with van der Waals surface area (Å²) in [5.41, 5.74) is 1.55. The third-order valence-electron chi connectivity index (χ3n) is 4.41. The second-order valence-corrected chi connectivity index (χ2v) is 6.15. The van der Waals surface area contributed by atoms with Crippen LogP contribution in [0.1, 0.15) is 54.4 Å². The fourth-order valence-electron chi connectivity index (χ4n) is 3.02. The van der Waals surface area contributed by atoms with Crippen molar-refractivity contribution in [3.8, 4) is 0 Å². The van der Waals surface area contributed by atoms with Crippen molar-refractivity contribution in [3.63, 3.8) is 0 Å². The summed E-state index contributed by atoms with van der Waals surface area (Å²) in [5.74, 6) is 0.433. The van der Waals surface area contributed by atoms with Crippen LogP contribution in [0.4, 0.5) is 0 Å². The lowest BCUT2D eigenvalue weighted by Gasteiger charge is -2.24. The molecule has 0 unspecified atom stereocenters. The molecule has 2 rings (SSSR count). The second-order valence-electron chi connectivity index (χ2n) is 6.15. The molecule has 0 radical (unpaired) electrons. The molecule has 1 aromatic rings. The summed E-state index contributed by atoms with van der Waals surface area (Å²) < 4.78 is 4.68. The Labute approximate surface area is 132 Å². The van der Waals surface area contributed by atoms with Crippen molar-refractivity contribution in [2.24, 2.45) is 5.92 Å². The molecule has 1 fully saturated rings. The van der Waals surface area contributed by atoms with Gasteiger partial charge in [0.25, 0.3) is 0 Å². The molecule has 0 saturated heterocycles. The van der Waals surface area contributed by atoms with Gasteiger partial charge in [-0.25, -0.2) is 4.79 Å². The Morgan fingerprint density at radius 3 is 2.36 bits per heavy atom. The number of amides is 1. The van der Waals surface area contributed by atoms with Gasteiger partial charge in [0.05, 0.1) is 12.7 Å². The third-order valence-corrected chi connectivity index (χ3v) is 4.41. The van der Waals surface area contributed by atoms with E-state index in [4.69, 9.17) is 0 Å². The number of benzene rings is 1. The molecule has 0 bridgehead atoms. The Hall–Kier alpha value is -1.84. The van der Waals surface area contributed by atoms with Crippen LogP contribution in [-0.4, -0.2) is 30.9 Å². The van der Waals surface area contributed by atoms with Gasteiger partial charge >= 0.3 is 5.97 Å². The molecule has 1 aromatic carbocycles. The highest BCUT2D eigenvalue weighted by Gasteiger charge is 2.19. The van der Waals surface area contributed by atoms with E-state index in [-0.39, 0.29) is 11.9 Å². The first-order valence-corrected chi connectivity index (χ1v) is 8.01. The molecule has 1 saturated carbocycles. The molecule has 1 aliphatic carbocycles.